The van der Waals surface area contributed by atoms with Gasteiger partial charge in [-0.2, -0.15) is 0 Å². The molecule has 7 atom stereocenters. The predicted molar refractivity (Wildman–Crippen MR) is 227 cm³/mol. The van der Waals surface area contributed by atoms with Crippen molar-refractivity contribution < 1.29 is 41.8 Å². The number of pyridine rings is 1. The lowest BCUT2D eigenvalue weighted by atomic mass is 9.85. The topological polar surface area (TPSA) is 195 Å². The van der Waals surface area contributed by atoms with E-state index in [1.165, 1.54) is 16.2 Å². The Balaban J connectivity index is 1.26. The number of nitrogens with zero attached hydrogens (tertiary/aromatic N) is 3. The van der Waals surface area contributed by atoms with Crippen molar-refractivity contribution in [3.8, 4) is 22.2 Å². The zero-order chi connectivity index (χ0) is 43.2. The first kappa shape index (κ1) is 43.3. The summed E-state index contributed by atoms with van der Waals surface area (Å²) in [7, 11) is -2.44. The van der Waals surface area contributed by atoms with Crippen LogP contribution in [0.4, 0.5) is 4.79 Å². The van der Waals surface area contributed by atoms with E-state index in [0.29, 0.717) is 43.2 Å². The number of rotatable bonds is 9. The van der Waals surface area contributed by atoms with E-state index in [1.54, 1.807) is 53.3 Å². The molecule has 4 heterocycles. The molecule has 17 heteroatoms. The summed E-state index contributed by atoms with van der Waals surface area (Å²) in [5.74, 6) is -1.65. The summed E-state index contributed by atoms with van der Waals surface area (Å²) in [6.45, 7) is 10.8. The molecule has 2 aliphatic carbocycles. The molecule has 0 bridgehead atoms. The normalized spacial score (nSPS) is 28.6. The number of ether oxygens (including phenoxy) is 3. The number of allylic oxidation sites excluding steroid dienone is 1. The minimum atomic E-state index is -4.02. The van der Waals surface area contributed by atoms with Crippen molar-refractivity contribution in [3.63, 3.8) is 0 Å². The molecule has 1 aromatic carbocycles. The van der Waals surface area contributed by atoms with Gasteiger partial charge in [-0.15, -0.1) is 11.3 Å². The van der Waals surface area contributed by atoms with Gasteiger partial charge in [0.2, 0.25) is 27.7 Å². The van der Waals surface area contributed by atoms with Gasteiger partial charge in [-0.05, 0) is 96.3 Å². The van der Waals surface area contributed by atoms with Gasteiger partial charge < -0.3 is 29.7 Å². The van der Waals surface area contributed by atoms with Crippen molar-refractivity contribution >= 4 is 55.9 Å². The molecule has 0 spiro atoms. The van der Waals surface area contributed by atoms with Gasteiger partial charge in [-0.25, -0.2) is 23.2 Å². The highest BCUT2D eigenvalue weighted by molar-refractivity contribution is 7.91. The molecule has 15 nitrogen and oxygen atoms in total. The van der Waals surface area contributed by atoms with Crippen LogP contribution in [0.3, 0.4) is 0 Å². The van der Waals surface area contributed by atoms with E-state index in [0.717, 1.165) is 22.4 Å². The third kappa shape index (κ3) is 8.97. The lowest BCUT2D eigenvalue weighted by Crippen LogP contribution is -2.59. The van der Waals surface area contributed by atoms with Crippen LogP contribution in [0, 0.1) is 17.8 Å². The summed E-state index contributed by atoms with van der Waals surface area (Å²) < 4.78 is 45.6. The third-order valence-corrected chi connectivity index (χ3v) is 15.2. The van der Waals surface area contributed by atoms with Gasteiger partial charge in [-0.3, -0.25) is 19.1 Å². The fourth-order valence-electron chi connectivity index (χ4n) is 8.35. The minimum absolute atomic E-state index is 0.0199. The minimum Gasteiger partial charge on any atom is -0.497 e. The van der Waals surface area contributed by atoms with E-state index < -0.39 is 73.8 Å². The summed E-state index contributed by atoms with van der Waals surface area (Å²) in [6.07, 6.45) is 9.41. The molecule has 2 saturated carbocycles. The Morgan fingerprint density at radius 2 is 1.88 bits per heavy atom. The second-order valence-electron chi connectivity index (χ2n) is 18.0. The number of carbonyl (C=O) groups is 4. The Bertz CT molecular complexity index is 2270. The molecule has 0 unspecified atom stereocenters. The maximum atomic E-state index is 15.1. The Hall–Kier alpha value is -4.77. The van der Waals surface area contributed by atoms with Gasteiger partial charge in [0.15, 0.2) is 0 Å². The Kier molecular flexibility index (Phi) is 12.0. The van der Waals surface area contributed by atoms with Crippen LogP contribution >= 0.6 is 11.3 Å². The summed E-state index contributed by atoms with van der Waals surface area (Å²) in [5.41, 5.74) is -1.60. The van der Waals surface area contributed by atoms with Crippen LogP contribution in [0.25, 0.3) is 21.3 Å². The predicted octanol–water partition coefficient (Wildman–Crippen LogP) is 5.88. The summed E-state index contributed by atoms with van der Waals surface area (Å²) in [6, 6.07) is 3.31. The van der Waals surface area contributed by atoms with Crippen molar-refractivity contribution in [2.75, 3.05) is 13.7 Å². The second-order valence-corrected chi connectivity index (χ2v) is 21.1. The number of hydrogen-bond donors (Lipinski definition) is 3. The second kappa shape index (κ2) is 16.6. The molecule has 0 radical (unpaired) electrons. The van der Waals surface area contributed by atoms with Crippen molar-refractivity contribution in [2.24, 2.45) is 17.8 Å². The van der Waals surface area contributed by atoms with E-state index in [1.807, 2.05) is 36.6 Å². The first-order valence-corrected chi connectivity index (χ1v) is 23.1. The molecular formula is C43H56N6O9S2. The van der Waals surface area contributed by atoms with E-state index in [9.17, 15) is 22.8 Å². The highest BCUT2D eigenvalue weighted by atomic mass is 32.2. The van der Waals surface area contributed by atoms with Crippen LogP contribution in [-0.2, 0) is 29.1 Å². The van der Waals surface area contributed by atoms with Crippen molar-refractivity contribution in [1.82, 2.24) is 30.2 Å². The van der Waals surface area contributed by atoms with Gasteiger partial charge in [0.05, 0.1) is 18.4 Å². The number of sulfonamides is 1. The van der Waals surface area contributed by atoms with Crippen LogP contribution in [-0.4, -0.2) is 94.8 Å². The van der Waals surface area contributed by atoms with E-state index in [-0.39, 0.29) is 37.1 Å². The monoisotopic (exact) mass is 864 g/mol. The Morgan fingerprint density at radius 1 is 1.12 bits per heavy atom. The number of hydrogen-bond acceptors (Lipinski definition) is 12. The number of methoxy groups -OCH3 is 1. The van der Waals surface area contributed by atoms with Crippen molar-refractivity contribution in [1.29, 1.82) is 0 Å². The molecule has 324 valence electrons. The number of amides is 4. The lowest BCUT2D eigenvalue weighted by Gasteiger charge is -2.34. The van der Waals surface area contributed by atoms with Crippen molar-refractivity contribution in [3.05, 3.63) is 48.1 Å². The lowest BCUT2D eigenvalue weighted by molar-refractivity contribution is -0.142. The summed E-state index contributed by atoms with van der Waals surface area (Å²) in [5, 5.41) is 9.90. The van der Waals surface area contributed by atoms with Crippen LogP contribution in [0.2, 0.25) is 0 Å². The molecule has 4 aliphatic rings. The first-order chi connectivity index (χ1) is 28.4. The number of aromatic nitrogens is 2. The molecule has 2 aromatic heterocycles. The SMILES string of the molecule is CC[C@@H]1C[C@H](C)CC/C=C\[C@@H]2C[C@@]2(C(=O)NS(=O)(=O)C2(C)CC2)NC(=O)[C@@H]2C[C@@H](Oc3ncc(-c4nccs4)c4cc(OC)ccc34)CN2C(=O)[C@H]1NC(=O)OC(C)(C)C. The zero-order valence-electron chi connectivity index (χ0n) is 35.3. The quantitative estimate of drug-likeness (QED) is 0.217. The molecular weight excluding hydrogens is 809 g/mol. The molecule has 3 N–H and O–H groups in total. The van der Waals surface area contributed by atoms with Crippen LogP contribution in [0.1, 0.15) is 92.9 Å². The molecule has 1 saturated heterocycles. The zero-order valence-corrected chi connectivity index (χ0v) is 36.9. The molecule has 7 rings (SSSR count). The number of nitrogens with one attached hydrogen (secondary N) is 3. The number of carbonyl (C=O) groups excluding carboxylic acids is 4. The van der Waals surface area contributed by atoms with E-state index in [2.05, 4.69) is 27.3 Å². The van der Waals surface area contributed by atoms with Crippen LogP contribution in [0.15, 0.2) is 48.1 Å². The van der Waals surface area contributed by atoms with Gasteiger partial charge in [0.1, 0.15) is 40.1 Å². The maximum Gasteiger partial charge on any atom is 0.408 e. The molecule has 2 aliphatic heterocycles. The number of benzene rings is 1. The Labute approximate surface area is 355 Å². The maximum absolute atomic E-state index is 15.1. The fourth-order valence-corrected chi connectivity index (χ4v) is 10.3. The molecule has 4 amide bonds. The van der Waals surface area contributed by atoms with Gasteiger partial charge in [0, 0.05) is 46.4 Å². The van der Waals surface area contributed by atoms with E-state index in [4.69, 9.17) is 19.2 Å². The van der Waals surface area contributed by atoms with Crippen LogP contribution < -0.4 is 24.8 Å². The fraction of sp³-hybridized carbons (Fsp3) is 0.581. The molecule has 3 aromatic rings. The third-order valence-electron chi connectivity index (χ3n) is 12.3. The van der Waals surface area contributed by atoms with Gasteiger partial charge in [-0.1, -0.05) is 32.4 Å². The standard InChI is InChI=1S/C43H56N6O9S2/c1-8-26-19-25(2)11-9-10-12-27-22-43(27,39(52)48-60(54,55)42(6)15-16-42)47-35(50)33-21-29(24-49(33)38(51)34(26)46-40(53)58-41(3,4)5)57-36-30-14-13-28(56-7)20-31(30)32(23-45-36)37-44-17-18-59-37/h10,12-14,17-18,20,23,25-27,29,33-34H,8-9,11,15-16,19,21-22,24H2,1-7H3,(H,46,53)(H,47,50)(H,48,52)/b12-10-/t25-,26-,27-,29-,33+,34+,43-/m1/s1. The van der Waals surface area contributed by atoms with Crippen molar-refractivity contribution in [2.45, 2.75) is 127 Å². The number of alkyl carbamates (subject to hydrolysis) is 1. The average Bonchev–Trinajstić information content (AvgIpc) is 3.95. The highest BCUT2D eigenvalue weighted by Gasteiger charge is 2.63. The Morgan fingerprint density at radius 3 is 2.55 bits per heavy atom. The smallest absolute Gasteiger partial charge is 0.408 e. The van der Waals surface area contributed by atoms with Gasteiger partial charge >= 0.3 is 6.09 Å². The largest absolute Gasteiger partial charge is 0.497 e. The number of thiazole rings is 1. The highest BCUT2D eigenvalue weighted by Crippen LogP contribution is 2.48. The average molecular weight is 865 g/mol. The van der Waals surface area contributed by atoms with Crippen LogP contribution in [0.5, 0.6) is 11.6 Å². The molecule has 60 heavy (non-hydrogen) atoms. The van der Waals surface area contributed by atoms with Gasteiger partial charge in [0.25, 0.3) is 5.91 Å². The number of fused-ring (bicyclic) bond motifs is 3. The van der Waals surface area contributed by atoms with E-state index >= 15 is 4.79 Å². The summed E-state index contributed by atoms with van der Waals surface area (Å²) >= 11 is 1.47. The molecule has 3 fully saturated rings. The summed E-state index contributed by atoms with van der Waals surface area (Å²) in [4.78, 5) is 67.8. The first-order valence-electron chi connectivity index (χ1n) is 20.8.